The van der Waals surface area contributed by atoms with Crippen molar-refractivity contribution in [2.45, 2.75) is 12.7 Å². The largest absolute Gasteiger partial charge is 0.480 e. The number of hydrogen-bond donors (Lipinski definition) is 1. The number of benzene rings is 1. The van der Waals surface area contributed by atoms with E-state index in [1.165, 1.54) is 17.0 Å². The van der Waals surface area contributed by atoms with E-state index in [1.54, 1.807) is 7.05 Å². The van der Waals surface area contributed by atoms with Crippen molar-refractivity contribution in [2.24, 2.45) is 0 Å². The fraction of sp³-hybridized carbons (Fsp3) is 0.364. The highest BCUT2D eigenvalue weighted by molar-refractivity contribution is 5.69. The van der Waals surface area contributed by atoms with Crippen LogP contribution in [0.25, 0.3) is 0 Å². The Morgan fingerprint density at radius 1 is 1.29 bits per heavy atom. The smallest absolute Gasteiger partial charge is 0.416 e. The van der Waals surface area contributed by atoms with Gasteiger partial charge < -0.3 is 5.11 Å². The number of carboxylic acid groups (broad SMARTS) is 1. The van der Waals surface area contributed by atoms with E-state index in [2.05, 4.69) is 0 Å². The Morgan fingerprint density at radius 2 is 1.82 bits per heavy atom. The predicted octanol–water partition coefficient (Wildman–Crippen LogP) is 2.22. The summed E-state index contributed by atoms with van der Waals surface area (Å²) in [5.41, 5.74) is -0.0658. The summed E-state index contributed by atoms with van der Waals surface area (Å²) < 4.78 is 36.8. The molecule has 0 aliphatic heterocycles. The highest BCUT2D eigenvalue weighted by Gasteiger charge is 2.29. The van der Waals surface area contributed by atoms with Crippen molar-refractivity contribution in [1.29, 1.82) is 0 Å². The minimum absolute atomic E-state index is 0.152. The topological polar surface area (TPSA) is 40.5 Å². The monoisotopic (exact) mass is 247 g/mol. The lowest BCUT2D eigenvalue weighted by Crippen LogP contribution is -2.25. The minimum Gasteiger partial charge on any atom is -0.480 e. The first-order valence-electron chi connectivity index (χ1n) is 4.85. The van der Waals surface area contributed by atoms with Gasteiger partial charge in [-0.1, -0.05) is 12.1 Å². The van der Waals surface area contributed by atoms with E-state index in [0.29, 0.717) is 12.1 Å². The highest BCUT2D eigenvalue weighted by atomic mass is 19.4. The van der Waals surface area contributed by atoms with Gasteiger partial charge in [-0.3, -0.25) is 9.69 Å². The zero-order valence-electron chi connectivity index (χ0n) is 9.16. The average molecular weight is 247 g/mol. The maximum atomic E-state index is 12.3. The molecule has 0 amide bonds. The highest BCUT2D eigenvalue weighted by Crippen LogP contribution is 2.29. The second-order valence-corrected chi connectivity index (χ2v) is 3.76. The number of nitrogens with zero attached hydrogens (tertiary/aromatic N) is 1. The molecule has 1 N–H and O–H groups in total. The van der Waals surface area contributed by atoms with Crippen molar-refractivity contribution < 1.29 is 23.1 Å². The zero-order chi connectivity index (χ0) is 13.1. The second kappa shape index (κ2) is 5.18. The van der Waals surface area contributed by atoms with Crippen molar-refractivity contribution in [2.75, 3.05) is 13.6 Å². The number of hydrogen-bond acceptors (Lipinski definition) is 2. The molecule has 94 valence electrons. The van der Waals surface area contributed by atoms with Crippen LogP contribution >= 0.6 is 0 Å². The van der Waals surface area contributed by atoms with Gasteiger partial charge in [0.1, 0.15) is 0 Å². The number of carbonyl (C=O) groups is 1. The molecule has 0 atom stereocenters. The van der Waals surface area contributed by atoms with Crippen molar-refractivity contribution in [3.63, 3.8) is 0 Å². The van der Waals surface area contributed by atoms with Crippen molar-refractivity contribution >= 4 is 5.97 Å². The fourth-order valence-electron chi connectivity index (χ4n) is 1.40. The van der Waals surface area contributed by atoms with Crippen LogP contribution in [0.4, 0.5) is 13.2 Å². The van der Waals surface area contributed by atoms with E-state index in [1.807, 2.05) is 0 Å². The Labute approximate surface area is 96.5 Å². The van der Waals surface area contributed by atoms with E-state index in [9.17, 15) is 18.0 Å². The molecule has 0 bridgehead atoms. The molecule has 3 nitrogen and oxygen atoms in total. The standard InChI is InChI=1S/C11H12F3NO2/c1-15(7-10(16)17)6-8-2-4-9(5-3-8)11(12,13)14/h2-5H,6-7H2,1H3,(H,16,17). The van der Waals surface area contributed by atoms with Gasteiger partial charge in [-0.05, 0) is 24.7 Å². The van der Waals surface area contributed by atoms with Gasteiger partial charge in [-0.2, -0.15) is 13.2 Å². The minimum atomic E-state index is -4.34. The molecule has 1 aromatic carbocycles. The molecule has 0 aliphatic rings. The molecule has 1 aromatic rings. The van der Waals surface area contributed by atoms with E-state index in [-0.39, 0.29) is 6.54 Å². The summed E-state index contributed by atoms with van der Waals surface area (Å²) in [6.45, 7) is 0.144. The molecular formula is C11H12F3NO2. The van der Waals surface area contributed by atoms with Crippen LogP contribution < -0.4 is 0 Å². The fourth-order valence-corrected chi connectivity index (χ4v) is 1.40. The second-order valence-electron chi connectivity index (χ2n) is 3.76. The van der Waals surface area contributed by atoms with Crippen LogP contribution in [0, 0.1) is 0 Å². The Balaban J connectivity index is 2.66. The van der Waals surface area contributed by atoms with Crippen LogP contribution in [0.2, 0.25) is 0 Å². The zero-order valence-corrected chi connectivity index (χ0v) is 9.16. The Bertz CT molecular complexity index is 387. The summed E-state index contributed by atoms with van der Waals surface area (Å²) in [7, 11) is 1.59. The summed E-state index contributed by atoms with van der Waals surface area (Å²) in [6.07, 6.45) is -4.34. The van der Waals surface area contributed by atoms with Gasteiger partial charge in [0, 0.05) is 6.54 Å². The first kappa shape index (κ1) is 13.5. The molecule has 6 heteroatoms. The number of likely N-dealkylation sites (N-methyl/N-ethyl adjacent to an activating group) is 1. The van der Waals surface area contributed by atoms with Gasteiger partial charge in [-0.15, -0.1) is 0 Å². The molecule has 0 spiro atoms. The van der Waals surface area contributed by atoms with Gasteiger partial charge in [0.15, 0.2) is 0 Å². The summed E-state index contributed by atoms with van der Waals surface area (Å²) in [6, 6.07) is 4.68. The lowest BCUT2D eigenvalue weighted by atomic mass is 10.1. The average Bonchev–Trinajstić information content (AvgIpc) is 2.15. The predicted molar refractivity (Wildman–Crippen MR) is 55.4 cm³/mol. The molecule has 0 aliphatic carbocycles. The molecule has 17 heavy (non-hydrogen) atoms. The molecule has 0 radical (unpaired) electrons. The number of halogens is 3. The van der Waals surface area contributed by atoms with Crippen LogP contribution in [0.5, 0.6) is 0 Å². The SMILES string of the molecule is CN(CC(=O)O)Cc1ccc(C(F)(F)F)cc1. The van der Waals surface area contributed by atoms with Crippen molar-refractivity contribution in [1.82, 2.24) is 4.90 Å². The van der Waals surface area contributed by atoms with Gasteiger partial charge in [0.05, 0.1) is 12.1 Å². The van der Waals surface area contributed by atoms with Crippen LogP contribution in [-0.2, 0) is 17.5 Å². The molecule has 0 saturated heterocycles. The third kappa shape index (κ3) is 4.44. The third-order valence-corrected chi connectivity index (χ3v) is 2.14. The van der Waals surface area contributed by atoms with Gasteiger partial charge in [0.25, 0.3) is 0 Å². The lowest BCUT2D eigenvalue weighted by Gasteiger charge is -2.14. The van der Waals surface area contributed by atoms with E-state index in [0.717, 1.165) is 12.1 Å². The van der Waals surface area contributed by atoms with E-state index >= 15 is 0 Å². The van der Waals surface area contributed by atoms with Crippen molar-refractivity contribution in [3.8, 4) is 0 Å². The van der Waals surface area contributed by atoms with Crippen LogP contribution in [0.1, 0.15) is 11.1 Å². The van der Waals surface area contributed by atoms with Crippen LogP contribution in [0.15, 0.2) is 24.3 Å². The molecule has 0 heterocycles. The maximum absolute atomic E-state index is 12.3. The molecule has 1 rings (SSSR count). The summed E-state index contributed by atoms with van der Waals surface area (Å²) in [5.74, 6) is -0.973. The van der Waals surface area contributed by atoms with E-state index < -0.39 is 17.7 Å². The van der Waals surface area contributed by atoms with Gasteiger partial charge >= 0.3 is 12.1 Å². The molecular weight excluding hydrogens is 235 g/mol. The summed E-state index contributed by atoms with van der Waals surface area (Å²) in [5, 5.41) is 8.52. The van der Waals surface area contributed by atoms with Gasteiger partial charge in [-0.25, -0.2) is 0 Å². The Hall–Kier alpha value is -1.56. The summed E-state index contributed by atoms with van der Waals surface area (Å²) >= 11 is 0. The molecule has 0 aromatic heterocycles. The van der Waals surface area contributed by atoms with Crippen LogP contribution in [-0.4, -0.2) is 29.6 Å². The number of aliphatic carboxylic acids is 1. The molecule has 0 unspecified atom stereocenters. The number of carboxylic acids is 1. The normalized spacial score (nSPS) is 11.8. The maximum Gasteiger partial charge on any atom is 0.416 e. The number of rotatable bonds is 4. The van der Waals surface area contributed by atoms with Crippen LogP contribution in [0.3, 0.4) is 0 Å². The Kier molecular flexibility index (Phi) is 4.11. The first-order valence-corrected chi connectivity index (χ1v) is 4.85. The lowest BCUT2D eigenvalue weighted by molar-refractivity contribution is -0.138. The molecule has 0 fully saturated rings. The first-order chi connectivity index (χ1) is 7.79. The summed E-state index contributed by atoms with van der Waals surface area (Å²) in [4.78, 5) is 11.9. The van der Waals surface area contributed by atoms with Gasteiger partial charge in [0.2, 0.25) is 0 Å². The number of alkyl halides is 3. The quantitative estimate of drug-likeness (QED) is 0.886. The Morgan fingerprint density at radius 3 is 2.24 bits per heavy atom. The van der Waals surface area contributed by atoms with Crippen molar-refractivity contribution in [3.05, 3.63) is 35.4 Å². The molecule has 0 saturated carbocycles. The van der Waals surface area contributed by atoms with E-state index in [4.69, 9.17) is 5.11 Å². The third-order valence-electron chi connectivity index (χ3n) is 2.14.